The molecular formula is C13H25NO4. The fourth-order valence-electron chi connectivity index (χ4n) is 1.62. The quantitative estimate of drug-likeness (QED) is 0.796. The van der Waals surface area contributed by atoms with Gasteiger partial charge in [0.25, 0.3) is 0 Å². The number of carbonyl (C=O) groups is 2. The fraction of sp³-hybridized carbons (Fsp3) is 0.846. The molecule has 1 amide bonds. The summed E-state index contributed by atoms with van der Waals surface area (Å²) in [6.45, 7) is 9.50. The lowest BCUT2D eigenvalue weighted by Gasteiger charge is -2.31. The van der Waals surface area contributed by atoms with Gasteiger partial charge in [-0.15, -0.1) is 0 Å². The first-order chi connectivity index (χ1) is 8.22. The van der Waals surface area contributed by atoms with Gasteiger partial charge in [0.1, 0.15) is 11.6 Å². The number of amides is 1. The average molecular weight is 259 g/mol. The van der Waals surface area contributed by atoms with Gasteiger partial charge in [0.15, 0.2) is 0 Å². The van der Waals surface area contributed by atoms with Crippen LogP contribution in [0, 0.1) is 0 Å². The van der Waals surface area contributed by atoms with E-state index in [9.17, 15) is 14.7 Å². The van der Waals surface area contributed by atoms with Crippen molar-refractivity contribution in [3.05, 3.63) is 0 Å². The van der Waals surface area contributed by atoms with Gasteiger partial charge in [-0.2, -0.15) is 0 Å². The molecule has 0 heterocycles. The summed E-state index contributed by atoms with van der Waals surface area (Å²) in [5.41, 5.74) is -0.613. The highest BCUT2D eigenvalue weighted by Crippen LogP contribution is 2.15. The van der Waals surface area contributed by atoms with E-state index in [0.717, 1.165) is 0 Å². The minimum atomic E-state index is -0.976. The predicted molar refractivity (Wildman–Crippen MR) is 69.6 cm³/mol. The monoisotopic (exact) mass is 259 g/mol. The smallest absolute Gasteiger partial charge is 0.411 e. The minimum absolute atomic E-state index is 0.395. The lowest BCUT2D eigenvalue weighted by Crippen LogP contribution is -2.47. The first-order valence-electron chi connectivity index (χ1n) is 6.45. The Hall–Kier alpha value is -1.26. The summed E-state index contributed by atoms with van der Waals surface area (Å²) in [6, 6.07) is -0.801. The van der Waals surface area contributed by atoms with Crippen LogP contribution in [0.5, 0.6) is 0 Å². The van der Waals surface area contributed by atoms with E-state index < -0.39 is 23.7 Å². The number of carboxylic acid groups (broad SMARTS) is 1. The van der Waals surface area contributed by atoms with Crippen molar-refractivity contribution in [3.8, 4) is 0 Å². The molecule has 0 spiro atoms. The third-order valence-electron chi connectivity index (χ3n) is 2.32. The van der Waals surface area contributed by atoms with E-state index in [0.29, 0.717) is 25.8 Å². The van der Waals surface area contributed by atoms with Crippen LogP contribution in [0.25, 0.3) is 0 Å². The van der Waals surface area contributed by atoms with Crippen molar-refractivity contribution < 1.29 is 19.4 Å². The standard InChI is InChI=1S/C13H25NO4/c1-6-8-10(11(15)16)14(9-7-2)12(17)18-13(3,4)5/h10H,6-9H2,1-5H3,(H,15,16)/t10-/m1/s1. The van der Waals surface area contributed by atoms with Gasteiger partial charge in [0.05, 0.1) is 0 Å². The molecule has 0 aliphatic rings. The topological polar surface area (TPSA) is 66.8 Å². The summed E-state index contributed by atoms with van der Waals surface area (Å²) in [4.78, 5) is 24.6. The molecule has 1 atom stereocenters. The molecule has 0 saturated carbocycles. The van der Waals surface area contributed by atoms with Gasteiger partial charge in [-0.1, -0.05) is 20.3 Å². The van der Waals surface area contributed by atoms with Crippen LogP contribution in [-0.2, 0) is 9.53 Å². The Morgan fingerprint density at radius 1 is 1.22 bits per heavy atom. The van der Waals surface area contributed by atoms with E-state index >= 15 is 0 Å². The van der Waals surface area contributed by atoms with E-state index in [1.807, 2.05) is 13.8 Å². The van der Waals surface area contributed by atoms with E-state index in [4.69, 9.17) is 4.74 Å². The normalized spacial score (nSPS) is 12.9. The molecule has 5 nitrogen and oxygen atoms in total. The highest BCUT2D eigenvalue weighted by molar-refractivity contribution is 5.80. The summed E-state index contributed by atoms with van der Waals surface area (Å²) >= 11 is 0. The molecule has 18 heavy (non-hydrogen) atoms. The Morgan fingerprint density at radius 3 is 2.11 bits per heavy atom. The Bertz CT molecular complexity index is 283. The van der Waals surface area contributed by atoms with Gasteiger partial charge < -0.3 is 9.84 Å². The third kappa shape index (κ3) is 5.89. The average Bonchev–Trinajstić information content (AvgIpc) is 2.20. The Balaban J connectivity index is 4.90. The molecule has 5 heteroatoms. The molecule has 0 aromatic heterocycles. The molecule has 0 aliphatic carbocycles. The van der Waals surface area contributed by atoms with E-state index in [2.05, 4.69) is 0 Å². The fourth-order valence-corrected chi connectivity index (χ4v) is 1.62. The van der Waals surface area contributed by atoms with Crippen LogP contribution in [0.2, 0.25) is 0 Å². The second-order valence-corrected chi connectivity index (χ2v) is 5.32. The minimum Gasteiger partial charge on any atom is -0.480 e. The number of rotatable bonds is 6. The summed E-state index contributed by atoms with van der Waals surface area (Å²) in [7, 11) is 0. The van der Waals surface area contributed by atoms with Crippen molar-refractivity contribution in [3.63, 3.8) is 0 Å². The Morgan fingerprint density at radius 2 is 1.78 bits per heavy atom. The van der Waals surface area contributed by atoms with Crippen LogP contribution in [0.3, 0.4) is 0 Å². The van der Waals surface area contributed by atoms with Crippen LogP contribution >= 0.6 is 0 Å². The summed E-state index contributed by atoms with van der Waals surface area (Å²) in [5, 5.41) is 9.20. The summed E-state index contributed by atoms with van der Waals surface area (Å²) < 4.78 is 5.25. The predicted octanol–water partition coefficient (Wildman–Crippen LogP) is 2.89. The molecule has 0 saturated heterocycles. The van der Waals surface area contributed by atoms with Crippen LogP contribution in [0.4, 0.5) is 4.79 Å². The number of hydrogen-bond acceptors (Lipinski definition) is 3. The first kappa shape index (κ1) is 16.7. The molecule has 0 aliphatic heterocycles. The molecule has 0 bridgehead atoms. The molecule has 0 aromatic rings. The molecule has 0 aromatic carbocycles. The first-order valence-corrected chi connectivity index (χ1v) is 6.45. The van der Waals surface area contributed by atoms with Crippen molar-refractivity contribution in [2.75, 3.05) is 6.54 Å². The van der Waals surface area contributed by atoms with Gasteiger partial charge in [-0.05, 0) is 33.6 Å². The molecule has 0 fully saturated rings. The Labute approximate surface area is 109 Å². The zero-order valence-corrected chi connectivity index (χ0v) is 12.0. The van der Waals surface area contributed by atoms with Gasteiger partial charge in [-0.3, -0.25) is 4.90 Å². The third-order valence-corrected chi connectivity index (χ3v) is 2.32. The van der Waals surface area contributed by atoms with Crippen molar-refractivity contribution >= 4 is 12.1 Å². The second-order valence-electron chi connectivity index (χ2n) is 5.32. The van der Waals surface area contributed by atoms with Gasteiger partial charge in [-0.25, -0.2) is 9.59 Å². The Kier molecular flexibility index (Phi) is 6.73. The molecule has 0 radical (unpaired) electrons. The summed E-state index contributed by atoms with van der Waals surface area (Å²) in [6.07, 6.45) is 1.30. The second kappa shape index (κ2) is 7.24. The number of aliphatic carboxylic acids is 1. The van der Waals surface area contributed by atoms with E-state index in [1.54, 1.807) is 20.8 Å². The maximum absolute atomic E-state index is 12.0. The molecule has 0 rings (SSSR count). The van der Waals surface area contributed by atoms with Crippen molar-refractivity contribution in [2.45, 2.75) is 65.5 Å². The summed E-state index contributed by atoms with van der Waals surface area (Å²) in [5.74, 6) is -0.976. The van der Waals surface area contributed by atoms with Crippen LogP contribution < -0.4 is 0 Å². The van der Waals surface area contributed by atoms with E-state index in [-0.39, 0.29) is 0 Å². The maximum atomic E-state index is 12.0. The van der Waals surface area contributed by atoms with Gasteiger partial charge >= 0.3 is 12.1 Å². The highest BCUT2D eigenvalue weighted by Gasteiger charge is 2.31. The highest BCUT2D eigenvalue weighted by atomic mass is 16.6. The molecule has 0 unspecified atom stereocenters. The number of hydrogen-bond donors (Lipinski definition) is 1. The molecule has 1 N–H and O–H groups in total. The van der Waals surface area contributed by atoms with Crippen molar-refractivity contribution in [1.29, 1.82) is 0 Å². The van der Waals surface area contributed by atoms with Crippen LogP contribution in [0.1, 0.15) is 53.9 Å². The lowest BCUT2D eigenvalue weighted by atomic mass is 10.1. The molecular weight excluding hydrogens is 234 g/mol. The number of carboxylic acids is 1. The largest absolute Gasteiger partial charge is 0.480 e. The zero-order chi connectivity index (χ0) is 14.3. The number of nitrogens with zero attached hydrogens (tertiary/aromatic N) is 1. The molecule has 106 valence electrons. The van der Waals surface area contributed by atoms with Gasteiger partial charge in [0, 0.05) is 6.54 Å². The van der Waals surface area contributed by atoms with Crippen LogP contribution in [0.15, 0.2) is 0 Å². The van der Waals surface area contributed by atoms with Crippen molar-refractivity contribution in [2.24, 2.45) is 0 Å². The zero-order valence-electron chi connectivity index (χ0n) is 12.0. The van der Waals surface area contributed by atoms with E-state index in [1.165, 1.54) is 4.90 Å². The number of carbonyl (C=O) groups excluding carboxylic acids is 1. The van der Waals surface area contributed by atoms with Crippen LogP contribution in [-0.4, -0.2) is 40.3 Å². The van der Waals surface area contributed by atoms with Crippen molar-refractivity contribution in [1.82, 2.24) is 4.90 Å². The number of ether oxygens (including phenoxy) is 1. The lowest BCUT2D eigenvalue weighted by molar-refractivity contribution is -0.143. The van der Waals surface area contributed by atoms with Gasteiger partial charge in [0.2, 0.25) is 0 Å². The maximum Gasteiger partial charge on any atom is 0.411 e. The SMILES string of the molecule is CCC[C@H](C(=O)O)N(CCC)C(=O)OC(C)(C)C.